The summed E-state index contributed by atoms with van der Waals surface area (Å²) in [7, 11) is 1.61. The van der Waals surface area contributed by atoms with Crippen LogP contribution in [0.4, 0.5) is 4.39 Å². The molecule has 0 fully saturated rings. The molecule has 0 saturated carbocycles. The highest BCUT2D eigenvalue weighted by Gasteiger charge is 2.11. The number of rotatable bonds is 4. The molecule has 0 aliphatic heterocycles. The van der Waals surface area contributed by atoms with Crippen LogP contribution in [0.5, 0.6) is 5.75 Å². The van der Waals surface area contributed by atoms with Crippen molar-refractivity contribution < 1.29 is 9.13 Å². The Balaban J connectivity index is 1.67. The first-order valence-electron chi connectivity index (χ1n) is 7.69. The lowest BCUT2D eigenvalue weighted by Gasteiger charge is -2.05. The molecule has 0 spiro atoms. The van der Waals surface area contributed by atoms with Gasteiger partial charge in [-0.05, 0) is 35.5 Å². The summed E-state index contributed by atoms with van der Waals surface area (Å²) in [5.74, 6) is 0.927. The molecule has 0 bridgehead atoms. The summed E-state index contributed by atoms with van der Waals surface area (Å²) >= 11 is 0. The van der Waals surface area contributed by atoms with E-state index in [-0.39, 0.29) is 5.82 Å². The molecule has 7 heteroatoms. The fourth-order valence-corrected chi connectivity index (χ4v) is 2.66. The van der Waals surface area contributed by atoms with Crippen LogP contribution in [0.25, 0.3) is 22.3 Å². The molecule has 0 unspecified atom stereocenters. The maximum Gasteiger partial charge on any atom is 0.205 e. The average molecular weight is 335 g/mol. The first-order valence-corrected chi connectivity index (χ1v) is 7.69. The van der Waals surface area contributed by atoms with Crippen molar-refractivity contribution in [1.82, 2.24) is 25.2 Å². The summed E-state index contributed by atoms with van der Waals surface area (Å²) in [6.07, 6.45) is 1.64. The number of fused-ring (bicyclic) bond motifs is 1. The average Bonchev–Trinajstić information content (AvgIpc) is 3.13. The molecule has 0 radical (unpaired) electrons. The molecule has 6 nitrogen and oxygen atoms in total. The highest BCUT2D eigenvalue weighted by atomic mass is 19.1. The molecule has 0 amide bonds. The summed E-state index contributed by atoms with van der Waals surface area (Å²) in [6, 6.07) is 14.0. The fraction of sp³-hybridized carbons (Fsp3) is 0.111. The molecular formula is C18H14FN5O. The zero-order valence-electron chi connectivity index (χ0n) is 13.4. The summed E-state index contributed by atoms with van der Waals surface area (Å²) < 4.78 is 19.1. The SMILES string of the molecule is COc1cccc(-c2nnn(Cc3ccc(F)c4cccnc34)n2)c1. The number of benzene rings is 2. The Hall–Kier alpha value is -3.35. The van der Waals surface area contributed by atoms with Gasteiger partial charge in [0.25, 0.3) is 0 Å². The maximum absolute atomic E-state index is 13.9. The van der Waals surface area contributed by atoms with Crippen LogP contribution < -0.4 is 4.74 Å². The molecule has 0 aliphatic rings. The van der Waals surface area contributed by atoms with E-state index in [2.05, 4.69) is 20.4 Å². The van der Waals surface area contributed by atoms with Gasteiger partial charge in [0.15, 0.2) is 0 Å². The topological polar surface area (TPSA) is 65.7 Å². The van der Waals surface area contributed by atoms with E-state index in [1.54, 1.807) is 31.5 Å². The number of nitrogens with zero attached hydrogens (tertiary/aromatic N) is 5. The number of pyridine rings is 1. The fourth-order valence-electron chi connectivity index (χ4n) is 2.66. The first-order chi connectivity index (χ1) is 12.2. The summed E-state index contributed by atoms with van der Waals surface area (Å²) in [5, 5.41) is 13.1. The molecule has 25 heavy (non-hydrogen) atoms. The number of halogens is 1. The standard InChI is InChI=1S/C18H14FN5O/c1-25-14-5-2-4-12(10-14)18-21-23-24(22-18)11-13-7-8-16(19)15-6-3-9-20-17(13)15/h2-10H,11H2,1H3. The van der Waals surface area contributed by atoms with E-state index >= 15 is 0 Å². The summed E-state index contributed by atoms with van der Waals surface area (Å²) in [5.41, 5.74) is 2.24. The third-order valence-corrected chi connectivity index (χ3v) is 3.89. The third kappa shape index (κ3) is 2.91. The second-order valence-electron chi connectivity index (χ2n) is 5.48. The van der Waals surface area contributed by atoms with Crippen molar-refractivity contribution in [3.63, 3.8) is 0 Å². The van der Waals surface area contributed by atoms with Crippen LogP contribution in [0.2, 0.25) is 0 Å². The van der Waals surface area contributed by atoms with Crippen LogP contribution in [0.3, 0.4) is 0 Å². The van der Waals surface area contributed by atoms with Crippen LogP contribution in [0.15, 0.2) is 54.7 Å². The maximum atomic E-state index is 13.9. The Bertz CT molecular complexity index is 1050. The lowest BCUT2D eigenvalue weighted by atomic mass is 10.1. The zero-order valence-corrected chi connectivity index (χ0v) is 13.4. The second-order valence-corrected chi connectivity index (χ2v) is 5.48. The van der Waals surface area contributed by atoms with E-state index in [0.717, 1.165) is 16.9 Å². The molecule has 2 aromatic heterocycles. The van der Waals surface area contributed by atoms with Gasteiger partial charge in [-0.3, -0.25) is 4.98 Å². The van der Waals surface area contributed by atoms with Crippen molar-refractivity contribution in [3.05, 3.63) is 66.1 Å². The van der Waals surface area contributed by atoms with Crippen LogP contribution in [-0.2, 0) is 6.54 Å². The quantitative estimate of drug-likeness (QED) is 0.573. The smallest absolute Gasteiger partial charge is 0.205 e. The number of tetrazole rings is 1. The predicted molar refractivity (Wildman–Crippen MR) is 90.6 cm³/mol. The highest BCUT2D eigenvalue weighted by molar-refractivity contribution is 5.82. The molecule has 0 atom stereocenters. The van der Waals surface area contributed by atoms with Gasteiger partial charge in [-0.1, -0.05) is 18.2 Å². The van der Waals surface area contributed by atoms with Crippen molar-refractivity contribution in [2.75, 3.05) is 7.11 Å². The predicted octanol–water partition coefficient (Wildman–Crippen LogP) is 3.08. The molecule has 2 aromatic carbocycles. The van der Waals surface area contributed by atoms with Crippen LogP contribution >= 0.6 is 0 Å². The van der Waals surface area contributed by atoms with Crippen molar-refractivity contribution >= 4 is 10.9 Å². The van der Waals surface area contributed by atoms with Crippen molar-refractivity contribution in [2.24, 2.45) is 0 Å². The van der Waals surface area contributed by atoms with Gasteiger partial charge in [-0.15, -0.1) is 10.2 Å². The minimum Gasteiger partial charge on any atom is -0.497 e. The Morgan fingerprint density at radius 1 is 1.12 bits per heavy atom. The van der Waals surface area contributed by atoms with Gasteiger partial charge in [0.1, 0.15) is 11.6 Å². The van der Waals surface area contributed by atoms with Crippen molar-refractivity contribution in [1.29, 1.82) is 0 Å². The van der Waals surface area contributed by atoms with E-state index < -0.39 is 0 Å². The Labute approximate surface area is 142 Å². The van der Waals surface area contributed by atoms with E-state index in [4.69, 9.17) is 4.74 Å². The minimum atomic E-state index is -0.296. The highest BCUT2D eigenvalue weighted by Crippen LogP contribution is 2.22. The number of hydrogen-bond donors (Lipinski definition) is 0. The monoisotopic (exact) mass is 335 g/mol. The van der Waals surface area contributed by atoms with Gasteiger partial charge in [0.2, 0.25) is 5.82 Å². The normalized spacial score (nSPS) is 11.0. The van der Waals surface area contributed by atoms with Crippen molar-refractivity contribution in [3.8, 4) is 17.1 Å². The molecule has 0 aliphatic carbocycles. The number of methoxy groups -OCH3 is 1. The minimum absolute atomic E-state index is 0.296. The van der Waals surface area contributed by atoms with Gasteiger partial charge < -0.3 is 4.74 Å². The number of ether oxygens (including phenoxy) is 1. The van der Waals surface area contributed by atoms with Gasteiger partial charge in [-0.2, -0.15) is 4.80 Å². The second kappa shape index (κ2) is 6.27. The lowest BCUT2D eigenvalue weighted by molar-refractivity contribution is 0.415. The molecule has 0 saturated heterocycles. The summed E-state index contributed by atoms with van der Waals surface area (Å²) in [4.78, 5) is 5.75. The molecule has 4 rings (SSSR count). The molecular weight excluding hydrogens is 321 g/mol. The molecule has 124 valence electrons. The zero-order chi connectivity index (χ0) is 17.2. The van der Waals surface area contributed by atoms with E-state index in [1.807, 2.05) is 24.3 Å². The van der Waals surface area contributed by atoms with Gasteiger partial charge in [0.05, 0.1) is 19.2 Å². The van der Waals surface area contributed by atoms with Gasteiger partial charge in [-0.25, -0.2) is 4.39 Å². The number of aromatic nitrogens is 5. The Kier molecular flexibility index (Phi) is 3.81. The van der Waals surface area contributed by atoms with Crippen LogP contribution in [-0.4, -0.2) is 32.3 Å². The van der Waals surface area contributed by atoms with E-state index in [9.17, 15) is 4.39 Å². The van der Waals surface area contributed by atoms with E-state index in [0.29, 0.717) is 23.3 Å². The molecule has 2 heterocycles. The Morgan fingerprint density at radius 2 is 2.04 bits per heavy atom. The first kappa shape index (κ1) is 15.2. The largest absolute Gasteiger partial charge is 0.497 e. The molecule has 4 aromatic rings. The summed E-state index contributed by atoms with van der Waals surface area (Å²) in [6.45, 7) is 0.352. The van der Waals surface area contributed by atoms with Gasteiger partial charge in [0, 0.05) is 22.7 Å². The number of hydrogen-bond acceptors (Lipinski definition) is 5. The van der Waals surface area contributed by atoms with E-state index in [1.165, 1.54) is 10.9 Å². The lowest BCUT2D eigenvalue weighted by Crippen LogP contribution is -2.05. The Morgan fingerprint density at radius 3 is 2.92 bits per heavy atom. The van der Waals surface area contributed by atoms with Crippen molar-refractivity contribution in [2.45, 2.75) is 6.54 Å². The van der Waals surface area contributed by atoms with Gasteiger partial charge >= 0.3 is 0 Å². The van der Waals surface area contributed by atoms with Crippen LogP contribution in [0, 0.1) is 5.82 Å². The van der Waals surface area contributed by atoms with Crippen LogP contribution in [0.1, 0.15) is 5.56 Å². The third-order valence-electron chi connectivity index (χ3n) is 3.89. The molecule has 0 N–H and O–H groups in total.